The first kappa shape index (κ1) is 14.1. The number of alkyl halides is 1. The number of fused-ring (bicyclic) bond motifs is 1. The Labute approximate surface area is 129 Å². The second kappa shape index (κ2) is 5.18. The summed E-state index contributed by atoms with van der Waals surface area (Å²) in [6, 6.07) is 6.55. The summed E-state index contributed by atoms with van der Waals surface area (Å²) in [4.78, 5) is 14.7. The number of rotatable bonds is 1. The first-order valence-corrected chi connectivity index (χ1v) is 8.69. The Morgan fingerprint density at radius 1 is 1.40 bits per heavy atom. The number of amides is 1. The lowest BCUT2D eigenvalue weighted by molar-refractivity contribution is -0.117. The average molecular weight is 336 g/mol. The molecule has 1 spiro atoms. The summed E-state index contributed by atoms with van der Waals surface area (Å²) >= 11 is 3.37. The Morgan fingerprint density at radius 3 is 2.75 bits per heavy atom. The molecule has 1 heterocycles. The van der Waals surface area contributed by atoms with Crippen LogP contribution in [0, 0.1) is 6.92 Å². The summed E-state index contributed by atoms with van der Waals surface area (Å²) in [6.07, 6.45) is 5.93. The minimum Gasteiger partial charge on any atom is -0.305 e. The zero-order valence-electron chi connectivity index (χ0n) is 12.3. The van der Waals surface area contributed by atoms with E-state index in [2.05, 4.69) is 52.9 Å². The zero-order chi connectivity index (χ0) is 14.3. The Hall–Kier alpha value is -0.830. The van der Waals surface area contributed by atoms with Crippen LogP contribution in [-0.4, -0.2) is 16.8 Å². The molecule has 3 rings (SSSR count). The molecular weight excluding hydrogens is 314 g/mol. The van der Waals surface area contributed by atoms with Gasteiger partial charge in [0.1, 0.15) is 0 Å². The van der Waals surface area contributed by atoms with Crippen LogP contribution in [0.3, 0.4) is 0 Å². The van der Waals surface area contributed by atoms with Crippen LogP contribution in [-0.2, 0) is 4.79 Å². The van der Waals surface area contributed by atoms with Gasteiger partial charge in [-0.25, -0.2) is 0 Å². The molecular formula is C17H22BrNO. The van der Waals surface area contributed by atoms with Gasteiger partial charge in [-0.1, -0.05) is 53.4 Å². The van der Waals surface area contributed by atoms with Crippen molar-refractivity contribution in [1.29, 1.82) is 0 Å². The van der Waals surface area contributed by atoms with Crippen LogP contribution in [0.1, 0.15) is 56.1 Å². The van der Waals surface area contributed by atoms with E-state index in [1.54, 1.807) is 0 Å². The largest absolute Gasteiger partial charge is 0.305 e. The van der Waals surface area contributed by atoms with E-state index in [0.29, 0.717) is 11.2 Å². The van der Waals surface area contributed by atoms with E-state index in [-0.39, 0.29) is 11.4 Å². The second-order valence-corrected chi connectivity index (χ2v) is 7.02. The van der Waals surface area contributed by atoms with Crippen molar-refractivity contribution in [1.82, 2.24) is 0 Å². The number of carbonyl (C=O) groups excluding carboxylic acids is 1. The lowest BCUT2D eigenvalue weighted by Gasteiger charge is -2.48. The highest BCUT2D eigenvalue weighted by Gasteiger charge is 2.47. The van der Waals surface area contributed by atoms with Crippen molar-refractivity contribution in [2.24, 2.45) is 0 Å². The number of benzene rings is 1. The molecule has 1 saturated carbocycles. The quantitative estimate of drug-likeness (QED) is 0.690. The molecule has 20 heavy (non-hydrogen) atoms. The molecule has 2 nitrogen and oxygen atoms in total. The Morgan fingerprint density at radius 2 is 2.10 bits per heavy atom. The van der Waals surface area contributed by atoms with Gasteiger partial charge in [-0.15, -0.1) is 0 Å². The molecule has 2 aliphatic rings. The number of carbonyl (C=O) groups is 1. The van der Waals surface area contributed by atoms with Gasteiger partial charge >= 0.3 is 0 Å². The van der Waals surface area contributed by atoms with Gasteiger partial charge in [0.05, 0.1) is 5.33 Å². The van der Waals surface area contributed by atoms with Crippen molar-refractivity contribution in [3.63, 3.8) is 0 Å². The molecule has 1 aliphatic carbocycles. The third-order valence-electron chi connectivity index (χ3n) is 5.01. The summed E-state index contributed by atoms with van der Waals surface area (Å²) in [5.74, 6) is 0.756. The fourth-order valence-electron chi connectivity index (χ4n) is 4.22. The van der Waals surface area contributed by atoms with Crippen LogP contribution in [0.25, 0.3) is 0 Å². The van der Waals surface area contributed by atoms with E-state index in [9.17, 15) is 4.79 Å². The molecule has 1 amide bonds. The van der Waals surface area contributed by atoms with Gasteiger partial charge < -0.3 is 4.90 Å². The summed E-state index contributed by atoms with van der Waals surface area (Å²) in [6.45, 7) is 4.44. The maximum atomic E-state index is 12.6. The Bertz CT molecular complexity index is 534. The summed E-state index contributed by atoms with van der Waals surface area (Å²) in [5, 5.41) is 0.413. The third kappa shape index (κ3) is 2.11. The second-order valence-electron chi connectivity index (χ2n) is 6.46. The van der Waals surface area contributed by atoms with E-state index in [1.165, 1.54) is 24.0 Å². The van der Waals surface area contributed by atoms with Crippen LogP contribution in [0.4, 0.5) is 5.69 Å². The number of hydrogen-bond donors (Lipinski definition) is 0. The highest BCUT2D eigenvalue weighted by Crippen LogP contribution is 2.50. The zero-order valence-corrected chi connectivity index (χ0v) is 13.9. The van der Waals surface area contributed by atoms with Crippen molar-refractivity contribution < 1.29 is 4.79 Å². The van der Waals surface area contributed by atoms with Gasteiger partial charge in [0.25, 0.3) is 0 Å². The standard InChI is InChI=1S/C17H22BrNO/c1-12-5-6-15-14(9-12)13(2)10-17(7-3-4-8-17)19(15)16(20)11-18/h5-6,9,13H,3-4,7-8,10-11H2,1-2H3. The van der Waals surface area contributed by atoms with Gasteiger partial charge in [-0.3, -0.25) is 4.79 Å². The molecule has 3 heteroatoms. The fourth-order valence-corrected chi connectivity index (χ4v) is 4.47. The molecule has 0 radical (unpaired) electrons. The van der Waals surface area contributed by atoms with Crippen LogP contribution in [0.15, 0.2) is 18.2 Å². The van der Waals surface area contributed by atoms with Crippen LogP contribution in [0.5, 0.6) is 0 Å². The number of aryl methyl sites for hydroxylation is 1. The minimum atomic E-state index is 0.0759. The molecule has 0 aromatic heterocycles. The van der Waals surface area contributed by atoms with Gasteiger partial charge in [-0.05, 0) is 43.7 Å². The molecule has 1 fully saturated rings. The summed E-state index contributed by atoms with van der Waals surface area (Å²) in [7, 11) is 0. The monoisotopic (exact) mass is 335 g/mol. The lowest BCUT2D eigenvalue weighted by Crippen LogP contribution is -2.54. The van der Waals surface area contributed by atoms with E-state index >= 15 is 0 Å². The summed E-state index contributed by atoms with van der Waals surface area (Å²) < 4.78 is 0. The number of hydrogen-bond acceptors (Lipinski definition) is 1. The molecule has 0 bridgehead atoms. The van der Waals surface area contributed by atoms with Crippen LogP contribution < -0.4 is 4.90 Å². The normalized spacial score (nSPS) is 23.9. The van der Waals surface area contributed by atoms with E-state index in [0.717, 1.165) is 24.9 Å². The molecule has 0 N–H and O–H groups in total. The van der Waals surface area contributed by atoms with Crippen molar-refractivity contribution >= 4 is 27.5 Å². The molecule has 1 aromatic rings. The van der Waals surface area contributed by atoms with Crippen molar-refractivity contribution in [2.45, 2.75) is 57.4 Å². The molecule has 1 aliphatic heterocycles. The average Bonchev–Trinajstić information content (AvgIpc) is 2.88. The smallest absolute Gasteiger partial charge is 0.238 e. The summed E-state index contributed by atoms with van der Waals surface area (Å²) in [5.41, 5.74) is 3.86. The van der Waals surface area contributed by atoms with Crippen LogP contribution >= 0.6 is 15.9 Å². The highest BCUT2D eigenvalue weighted by atomic mass is 79.9. The van der Waals surface area contributed by atoms with E-state index in [1.807, 2.05) is 0 Å². The van der Waals surface area contributed by atoms with Crippen molar-refractivity contribution in [2.75, 3.05) is 10.2 Å². The molecule has 1 unspecified atom stereocenters. The van der Waals surface area contributed by atoms with Gasteiger partial charge in [0, 0.05) is 11.2 Å². The predicted molar refractivity (Wildman–Crippen MR) is 86.7 cm³/mol. The lowest BCUT2D eigenvalue weighted by atomic mass is 9.76. The Kier molecular flexibility index (Phi) is 3.65. The van der Waals surface area contributed by atoms with Crippen LogP contribution in [0.2, 0.25) is 0 Å². The van der Waals surface area contributed by atoms with Crippen molar-refractivity contribution in [3.8, 4) is 0 Å². The Balaban J connectivity index is 2.14. The molecule has 0 saturated heterocycles. The maximum Gasteiger partial charge on any atom is 0.238 e. The number of anilines is 1. The fraction of sp³-hybridized carbons (Fsp3) is 0.588. The third-order valence-corrected chi connectivity index (χ3v) is 5.49. The maximum absolute atomic E-state index is 12.6. The topological polar surface area (TPSA) is 20.3 Å². The molecule has 1 aromatic carbocycles. The first-order chi connectivity index (χ1) is 9.57. The van der Waals surface area contributed by atoms with Gasteiger partial charge in [0.2, 0.25) is 5.91 Å². The van der Waals surface area contributed by atoms with Crippen molar-refractivity contribution in [3.05, 3.63) is 29.3 Å². The first-order valence-electron chi connectivity index (χ1n) is 7.57. The van der Waals surface area contributed by atoms with Gasteiger partial charge in [-0.2, -0.15) is 0 Å². The highest BCUT2D eigenvalue weighted by molar-refractivity contribution is 9.09. The van der Waals surface area contributed by atoms with E-state index in [4.69, 9.17) is 0 Å². The SMILES string of the molecule is Cc1ccc2c(c1)C(C)CC1(CCCC1)N2C(=O)CBr. The predicted octanol–water partition coefficient (Wildman–Crippen LogP) is 4.54. The van der Waals surface area contributed by atoms with Gasteiger partial charge in [0.15, 0.2) is 0 Å². The number of halogens is 1. The molecule has 1 atom stereocenters. The molecule has 108 valence electrons. The van der Waals surface area contributed by atoms with E-state index < -0.39 is 0 Å². The number of nitrogens with zero attached hydrogens (tertiary/aromatic N) is 1. The minimum absolute atomic E-state index is 0.0759.